The summed E-state index contributed by atoms with van der Waals surface area (Å²) in [6.45, 7) is 0. The molecule has 2 nitrogen and oxygen atoms in total. The fourth-order valence-corrected chi connectivity index (χ4v) is 1.82. The first kappa shape index (κ1) is 9.68. The summed E-state index contributed by atoms with van der Waals surface area (Å²) in [5.41, 5.74) is 1.47. The SMILES string of the molecule is Fc1ccc(-c2[nH]ncc2Br)c(Cl)c1. The van der Waals surface area contributed by atoms with Crippen LogP contribution in [0.1, 0.15) is 0 Å². The highest BCUT2D eigenvalue weighted by Crippen LogP contribution is 2.31. The summed E-state index contributed by atoms with van der Waals surface area (Å²) in [5.74, 6) is -0.352. The molecule has 0 unspecified atom stereocenters. The first-order valence-corrected chi connectivity index (χ1v) is 5.00. The smallest absolute Gasteiger partial charge is 0.124 e. The van der Waals surface area contributed by atoms with Gasteiger partial charge in [-0.15, -0.1) is 0 Å². The Balaban J connectivity index is 2.58. The van der Waals surface area contributed by atoms with Gasteiger partial charge in [-0.25, -0.2) is 4.39 Å². The number of rotatable bonds is 1. The van der Waals surface area contributed by atoms with Gasteiger partial charge >= 0.3 is 0 Å². The van der Waals surface area contributed by atoms with E-state index in [-0.39, 0.29) is 5.82 Å². The summed E-state index contributed by atoms with van der Waals surface area (Å²) in [7, 11) is 0. The highest BCUT2D eigenvalue weighted by molar-refractivity contribution is 9.10. The van der Waals surface area contributed by atoms with Crippen molar-refractivity contribution in [2.45, 2.75) is 0 Å². The first-order valence-electron chi connectivity index (χ1n) is 3.83. The molecule has 0 saturated heterocycles. The molecule has 72 valence electrons. The third kappa shape index (κ3) is 1.67. The number of aromatic nitrogens is 2. The fourth-order valence-electron chi connectivity index (χ4n) is 1.15. The third-order valence-electron chi connectivity index (χ3n) is 1.79. The number of aromatic amines is 1. The predicted molar refractivity (Wildman–Crippen MR) is 56.7 cm³/mol. The largest absolute Gasteiger partial charge is 0.277 e. The fraction of sp³-hybridized carbons (Fsp3) is 0. The van der Waals surface area contributed by atoms with Crippen LogP contribution in [0, 0.1) is 5.82 Å². The van der Waals surface area contributed by atoms with Gasteiger partial charge in [0.2, 0.25) is 0 Å². The van der Waals surface area contributed by atoms with Crippen LogP contribution in [0.3, 0.4) is 0 Å². The standard InChI is InChI=1S/C9H5BrClFN2/c10-7-4-13-14-9(7)6-2-1-5(12)3-8(6)11/h1-4H,(H,13,14). The van der Waals surface area contributed by atoms with Crippen molar-refractivity contribution in [1.29, 1.82) is 0 Å². The second kappa shape index (κ2) is 3.71. The van der Waals surface area contributed by atoms with Gasteiger partial charge in [0.25, 0.3) is 0 Å². The Hall–Kier alpha value is -0.870. The number of H-pyrrole nitrogens is 1. The number of halogens is 3. The number of hydrogen-bond acceptors (Lipinski definition) is 1. The molecule has 0 bridgehead atoms. The maximum atomic E-state index is 12.8. The van der Waals surface area contributed by atoms with E-state index in [2.05, 4.69) is 26.1 Å². The van der Waals surface area contributed by atoms with E-state index in [1.54, 1.807) is 12.3 Å². The van der Waals surface area contributed by atoms with Crippen LogP contribution in [-0.2, 0) is 0 Å². The van der Waals surface area contributed by atoms with E-state index in [9.17, 15) is 4.39 Å². The van der Waals surface area contributed by atoms with Crippen LogP contribution in [0.5, 0.6) is 0 Å². The maximum absolute atomic E-state index is 12.8. The monoisotopic (exact) mass is 274 g/mol. The topological polar surface area (TPSA) is 28.7 Å². The van der Waals surface area contributed by atoms with Crippen LogP contribution in [0.4, 0.5) is 4.39 Å². The number of nitrogens with one attached hydrogen (secondary N) is 1. The van der Waals surface area contributed by atoms with Crippen LogP contribution in [0.2, 0.25) is 5.02 Å². The molecule has 1 heterocycles. The second-order valence-corrected chi connectivity index (χ2v) is 3.98. The molecule has 0 aliphatic heterocycles. The van der Waals surface area contributed by atoms with Gasteiger partial charge in [-0.1, -0.05) is 11.6 Å². The van der Waals surface area contributed by atoms with Crippen molar-refractivity contribution < 1.29 is 4.39 Å². The molecule has 2 aromatic rings. The Morgan fingerprint density at radius 1 is 1.43 bits per heavy atom. The van der Waals surface area contributed by atoms with Gasteiger partial charge in [0.05, 0.1) is 21.4 Å². The van der Waals surface area contributed by atoms with Gasteiger partial charge in [-0.2, -0.15) is 5.10 Å². The molecule has 0 atom stereocenters. The number of benzene rings is 1. The summed E-state index contributed by atoms with van der Waals surface area (Å²) in [5, 5.41) is 6.97. The second-order valence-electron chi connectivity index (χ2n) is 2.72. The van der Waals surface area contributed by atoms with E-state index in [0.717, 1.165) is 15.7 Å². The van der Waals surface area contributed by atoms with Crippen molar-refractivity contribution >= 4 is 27.5 Å². The molecule has 0 amide bonds. The lowest BCUT2D eigenvalue weighted by Crippen LogP contribution is -1.82. The normalized spacial score (nSPS) is 10.5. The molecule has 14 heavy (non-hydrogen) atoms. The van der Waals surface area contributed by atoms with E-state index >= 15 is 0 Å². The van der Waals surface area contributed by atoms with Crippen LogP contribution < -0.4 is 0 Å². The van der Waals surface area contributed by atoms with Crippen LogP contribution >= 0.6 is 27.5 Å². The van der Waals surface area contributed by atoms with Gasteiger partial charge in [0.15, 0.2) is 0 Å². The third-order valence-corrected chi connectivity index (χ3v) is 2.71. The van der Waals surface area contributed by atoms with Crippen molar-refractivity contribution in [2.24, 2.45) is 0 Å². The Kier molecular flexibility index (Phi) is 2.56. The van der Waals surface area contributed by atoms with Gasteiger partial charge in [-0.05, 0) is 34.1 Å². The summed E-state index contributed by atoms with van der Waals surface area (Å²) >= 11 is 9.19. The molecule has 2 rings (SSSR count). The molecule has 0 fully saturated rings. The number of nitrogens with zero attached hydrogens (tertiary/aromatic N) is 1. The lowest BCUT2D eigenvalue weighted by molar-refractivity contribution is 0.628. The molecule has 0 saturated carbocycles. The average Bonchev–Trinajstić information content (AvgIpc) is 2.52. The molecule has 0 spiro atoms. The highest BCUT2D eigenvalue weighted by atomic mass is 79.9. The van der Waals surface area contributed by atoms with Gasteiger partial charge < -0.3 is 0 Å². The molecule has 5 heteroatoms. The average molecular weight is 276 g/mol. The quantitative estimate of drug-likeness (QED) is 0.846. The number of hydrogen-bond donors (Lipinski definition) is 1. The van der Waals surface area contributed by atoms with Crippen molar-refractivity contribution in [2.75, 3.05) is 0 Å². The van der Waals surface area contributed by atoms with Crippen molar-refractivity contribution in [3.63, 3.8) is 0 Å². The van der Waals surface area contributed by atoms with E-state index < -0.39 is 0 Å². The summed E-state index contributed by atoms with van der Waals surface area (Å²) < 4.78 is 13.6. The molecule has 1 aromatic carbocycles. The van der Waals surface area contributed by atoms with Crippen molar-refractivity contribution in [3.8, 4) is 11.3 Å². The first-order chi connectivity index (χ1) is 6.68. The van der Waals surface area contributed by atoms with Crippen molar-refractivity contribution in [1.82, 2.24) is 10.2 Å². The van der Waals surface area contributed by atoms with Crippen LogP contribution in [0.25, 0.3) is 11.3 Å². The molecule has 0 aliphatic carbocycles. The Morgan fingerprint density at radius 3 is 2.79 bits per heavy atom. The molecule has 1 N–H and O–H groups in total. The van der Waals surface area contributed by atoms with E-state index in [4.69, 9.17) is 11.6 Å². The summed E-state index contributed by atoms with van der Waals surface area (Å²) in [6.07, 6.45) is 1.62. The zero-order chi connectivity index (χ0) is 10.1. The Bertz CT molecular complexity index is 470. The Labute approximate surface area is 93.2 Å². The maximum Gasteiger partial charge on any atom is 0.124 e. The van der Waals surface area contributed by atoms with Crippen molar-refractivity contribution in [3.05, 3.63) is 39.7 Å². The van der Waals surface area contributed by atoms with Gasteiger partial charge in [0, 0.05) is 5.56 Å². The zero-order valence-corrected chi connectivity index (χ0v) is 9.23. The molecular weight excluding hydrogens is 270 g/mol. The molecule has 0 aliphatic rings. The lowest BCUT2D eigenvalue weighted by atomic mass is 10.1. The van der Waals surface area contributed by atoms with E-state index in [0.29, 0.717) is 5.02 Å². The summed E-state index contributed by atoms with van der Waals surface area (Å²) in [6, 6.07) is 4.23. The molecule has 1 aromatic heterocycles. The minimum atomic E-state index is -0.352. The van der Waals surface area contributed by atoms with Gasteiger partial charge in [0.1, 0.15) is 5.82 Å². The molecule has 0 radical (unpaired) electrons. The zero-order valence-electron chi connectivity index (χ0n) is 6.89. The molecular formula is C9H5BrClFN2. The Morgan fingerprint density at radius 2 is 2.21 bits per heavy atom. The van der Waals surface area contributed by atoms with E-state index in [1.165, 1.54) is 12.1 Å². The van der Waals surface area contributed by atoms with E-state index in [1.807, 2.05) is 0 Å². The minimum Gasteiger partial charge on any atom is -0.277 e. The summed E-state index contributed by atoms with van der Waals surface area (Å²) in [4.78, 5) is 0. The highest BCUT2D eigenvalue weighted by Gasteiger charge is 2.09. The lowest BCUT2D eigenvalue weighted by Gasteiger charge is -2.01. The van der Waals surface area contributed by atoms with Crippen LogP contribution in [-0.4, -0.2) is 10.2 Å². The minimum absolute atomic E-state index is 0.352. The predicted octanol–water partition coefficient (Wildman–Crippen LogP) is 3.63. The van der Waals surface area contributed by atoms with Gasteiger partial charge in [-0.3, -0.25) is 5.10 Å². The van der Waals surface area contributed by atoms with Crippen LogP contribution in [0.15, 0.2) is 28.9 Å².